The highest BCUT2D eigenvalue weighted by molar-refractivity contribution is 7.07. The SMILES string of the molecule is Cc1ccc(NN)c(C(=O)NCCc2cscn2)c1. The molecule has 6 heteroatoms. The quantitative estimate of drug-likeness (QED) is 0.573. The van der Waals surface area contributed by atoms with Gasteiger partial charge in [0.05, 0.1) is 22.5 Å². The number of hydrazine groups is 1. The molecule has 0 spiro atoms. The van der Waals surface area contributed by atoms with E-state index >= 15 is 0 Å². The maximum atomic E-state index is 12.1. The zero-order valence-corrected chi connectivity index (χ0v) is 11.5. The van der Waals surface area contributed by atoms with Gasteiger partial charge in [0.2, 0.25) is 0 Å². The number of nitrogens with two attached hydrogens (primary N) is 1. The number of aryl methyl sites for hydroxylation is 1. The van der Waals surface area contributed by atoms with E-state index in [1.165, 1.54) is 0 Å². The van der Waals surface area contributed by atoms with Crippen LogP contribution in [0.25, 0.3) is 0 Å². The third kappa shape index (κ3) is 3.52. The van der Waals surface area contributed by atoms with E-state index in [4.69, 9.17) is 5.84 Å². The zero-order chi connectivity index (χ0) is 13.7. The minimum Gasteiger partial charge on any atom is -0.352 e. The second-order valence-electron chi connectivity index (χ2n) is 4.18. The van der Waals surface area contributed by atoms with Gasteiger partial charge >= 0.3 is 0 Å². The molecule has 5 nitrogen and oxygen atoms in total. The van der Waals surface area contributed by atoms with Crippen molar-refractivity contribution in [3.63, 3.8) is 0 Å². The first-order chi connectivity index (χ1) is 9.20. The lowest BCUT2D eigenvalue weighted by Crippen LogP contribution is -2.27. The molecule has 1 heterocycles. The molecule has 0 saturated carbocycles. The number of amides is 1. The maximum Gasteiger partial charge on any atom is 0.253 e. The smallest absolute Gasteiger partial charge is 0.253 e. The molecule has 1 aromatic carbocycles. The summed E-state index contributed by atoms with van der Waals surface area (Å²) < 4.78 is 0. The van der Waals surface area contributed by atoms with Crippen molar-refractivity contribution in [1.82, 2.24) is 10.3 Å². The number of benzene rings is 1. The average Bonchev–Trinajstić information content (AvgIpc) is 2.91. The van der Waals surface area contributed by atoms with E-state index in [-0.39, 0.29) is 5.91 Å². The van der Waals surface area contributed by atoms with Crippen molar-refractivity contribution < 1.29 is 4.79 Å². The standard InChI is InChI=1S/C13H16N4OS/c1-9-2-3-12(17-14)11(6-9)13(18)15-5-4-10-7-19-8-16-10/h2-3,6-8,17H,4-5,14H2,1H3,(H,15,18). The van der Waals surface area contributed by atoms with Gasteiger partial charge in [0, 0.05) is 18.3 Å². The summed E-state index contributed by atoms with van der Waals surface area (Å²) in [5, 5.41) is 4.85. The van der Waals surface area contributed by atoms with Gasteiger partial charge in [-0.15, -0.1) is 11.3 Å². The average molecular weight is 276 g/mol. The Morgan fingerprint density at radius 1 is 1.47 bits per heavy atom. The number of hydrogen-bond acceptors (Lipinski definition) is 5. The van der Waals surface area contributed by atoms with Gasteiger partial charge in [-0.3, -0.25) is 10.6 Å². The number of rotatable bonds is 5. The Hall–Kier alpha value is -1.92. The Morgan fingerprint density at radius 3 is 3.00 bits per heavy atom. The third-order valence-corrected chi connectivity index (χ3v) is 3.36. The number of thiazole rings is 1. The summed E-state index contributed by atoms with van der Waals surface area (Å²) in [5.74, 6) is 5.27. The molecule has 1 aromatic heterocycles. The molecular formula is C13H16N4OS. The topological polar surface area (TPSA) is 80.0 Å². The summed E-state index contributed by atoms with van der Waals surface area (Å²) >= 11 is 1.55. The van der Waals surface area contributed by atoms with Crippen molar-refractivity contribution in [3.05, 3.63) is 45.9 Å². The van der Waals surface area contributed by atoms with Crippen LogP contribution < -0.4 is 16.6 Å². The molecular weight excluding hydrogens is 260 g/mol. The van der Waals surface area contributed by atoms with E-state index in [9.17, 15) is 4.79 Å². The first kappa shape index (κ1) is 13.5. The molecule has 19 heavy (non-hydrogen) atoms. The second-order valence-corrected chi connectivity index (χ2v) is 4.90. The predicted octanol–water partition coefficient (Wildman–Crippen LogP) is 1.71. The molecule has 100 valence electrons. The fourth-order valence-electron chi connectivity index (χ4n) is 1.73. The predicted molar refractivity (Wildman–Crippen MR) is 77.1 cm³/mol. The molecule has 0 bridgehead atoms. The van der Waals surface area contributed by atoms with Gasteiger partial charge in [0.15, 0.2) is 0 Å². The minimum absolute atomic E-state index is 0.133. The summed E-state index contributed by atoms with van der Waals surface area (Å²) in [4.78, 5) is 16.2. The highest BCUT2D eigenvalue weighted by Crippen LogP contribution is 2.16. The number of nitrogens with zero attached hydrogens (tertiary/aromatic N) is 1. The van der Waals surface area contributed by atoms with Gasteiger partial charge in [-0.2, -0.15) is 0 Å². The van der Waals surface area contributed by atoms with E-state index in [1.807, 2.05) is 24.4 Å². The van der Waals surface area contributed by atoms with Gasteiger partial charge in [0.25, 0.3) is 5.91 Å². The van der Waals surface area contributed by atoms with Crippen molar-refractivity contribution >= 4 is 22.9 Å². The van der Waals surface area contributed by atoms with Gasteiger partial charge < -0.3 is 10.7 Å². The Morgan fingerprint density at radius 2 is 2.32 bits per heavy atom. The van der Waals surface area contributed by atoms with Gasteiger partial charge in [-0.25, -0.2) is 4.98 Å². The van der Waals surface area contributed by atoms with Crippen LogP contribution in [0.3, 0.4) is 0 Å². The summed E-state index contributed by atoms with van der Waals surface area (Å²) in [6.07, 6.45) is 0.729. The largest absolute Gasteiger partial charge is 0.352 e. The van der Waals surface area contributed by atoms with E-state index in [0.29, 0.717) is 17.8 Å². The first-order valence-corrected chi connectivity index (χ1v) is 6.87. The zero-order valence-electron chi connectivity index (χ0n) is 10.6. The van der Waals surface area contributed by atoms with E-state index < -0.39 is 0 Å². The summed E-state index contributed by atoms with van der Waals surface area (Å²) in [6.45, 7) is 2.49. The number of anilines is 1. The van der Waals surface area contributed by atoms with E-state index in [1.54, 1.807) is 22.9 Å². The highest BCUT2D eigenvalue weighted by Gasteiger charge is 2.10. The lowest BCUT2D eigenvalue weighted by Gasteiger charge is -2.10. The molecule has 1 amide bonds. The fraction of sp³-hybridized carbons (Fsp3) is 0.231. The molecule has 0 aliphatic rings. The Balaban J connectivity index is 1.97. The molecule has 0 aliphatic carbocycles. The van der Waals surface area contributed by atoms with Crippen molar-refractivity contribution in [1.29, 1.82) is 0 Å². The number of nitrogens with one attached hydrogen (secondary N) is 2. The number of nitrogen functional groups attached to an aromatic ring is 1. The molecule has 2 rings (SSSR count). The van der Waals surface area contributed by atoms with Crippen molar-refractivity contribution in [2.24, 2.45) is 5.84 Å². The highest BCUT2D eigenvalue weighted by atomic mass is 32.1. The van der Waals surface area contributed by atoms with Gasteiger partial charge in [-0.1, -0.05) is 11.6 Å². The van der Waals surface area contributed by atoms with Crippen molar-refractivity contribution in [2.75, 3.05) is 12.0 Å². The lowest BCUT2D eigenvalue weighted by atomic mass is 10.1. The number of carbonyl (C=O) groups excluding carboxylic acids is 1. The van der Waals surface area contributed by atoms with E-state index in [0.717, 1.165) is 17.7 Å². The van der Waals surface area contributed by atoms with Crippen LogP contribution in [0, 0.1) is 6.92 Å². The van der Waals surface area contributed by atoms with Crippen LogP contribution in [0.4, 0.5) is 5.69 Å². The van der Waals surface area contributed by atoms with Crippen LogP contribution in [-0.4, -0.2) is 17.4 Å². The van der Waals surface area contributed by atoms with Crippen LogP contribution in [0.15, 0.2) is 29.1 Å². The summed E-state index contributed by atoms with van der Waals surface area (Å²) in [5.41, 5.74) is 7.51. The fourth-order valence-corrected chi connectivity index (χ4v) is 2.33. The second kappa shape index (κ2) is 6.31. The normalized spacial score (nSPS) is 10.2. The molecule has 4 N–H and O–H groups in total. The number of hydrogen-bond donors (Lipinski definition) is 3. The summed E-state index contributed by atoms with van der Waals surface area (Å²) in [7, 11) is 0. The molecule has 0 saturated heterocycles. The summed E-state index contributed by atoms with van der Waals surface area (Å²) in [6, 6.07) is 5.51. The molecule has 2 aromatic rings. The molecule has 0 unspecified atom stereocenters. The molecule has 0 fully saturated rings. The van der Waals surface area contributed by atoms with Gasteiger partial charge in [0.1, 0.15) is 0 Å². The number of carbonyl (C=O) groups is 1. The first-order valence-electron chi connectivity index (χ1n) is 5.93. The van der Waals surface area contributed by atoms with Crippen LogP contribution >= 0.6 is 11.3 Å². The third-order valence-electron chi connectivity index (χ3n) is 2.73. The van der Waals surface area contributed by atoms with E-state index in [2.05, 4.69) is 15.7 Å². The Labute approximate surface area is 115 Å². The van der Waals surface area contributed by atoms with Crippen LogP contribution in [0.5, 0.6) is 0 Å². The Bertz CT molecular complexity index is 554. The van der Waals surface area contributed by atoms with Crippen molar-refractivity contribution in [2.45, 2.75) is 13.3 Å². The minimum atomic E-state index is -0.133. The monoisotopic (exact) mass is 276 g/mol. The Kier molecular flexibility index (Phi) is 4.48. The lowest BCUT2D eigenvalue weighted by molar-refractivity contribution is 0.0955. The van der Waals surface area contributed by atoms with Crippen LogP contribution in [-0.2, 0) is 6.42 Å². The van der Waals surface area contributed by atoms with Crippen LogP contribution in [0.1, 0.15) is 21.6 Å². The molecule has 0 atom stereocenters. The molecule has 0 aliphatic heterocycles. The van der Waals surface area contributed by atoms with Crippen LogP contribution in [0.2, 0.25) is 0 Å². The maximum absolute atomic E-state index is 12.1. The number of aromatic nitrogens is 1. The van der Waals surface area contributed by atoms with Gasteiger partial charge in [-0.05, 0) is 19.1 Å². The van der Waals surface area contributed by atoms with Crippen molar-refractivity contribution in [3.8, 4) is 0 Å². The molecule has 0 radical (unpaired) electrons.